The third-order valence-corrected chi connectivity index (χ3v) is 4.22. The molecule has 0 bridgehead atoms. The summed E-state index contributed by atoms with van der Waals surface area (Å²) < 4.78 is 5.93. The first kappa shape index (κ1) is 18.3. The van der Waals surface area contributed by atoms with Crippen molar-refractivity contribution in [2.45, 2.75) is 0 Å². The normalized spacial score (nSPS) is 10.5. The maximum absolute atomic E-state index is 12.0. The van der Waals surface area contributed by atoms with Crippen LogP contribution in [0.1, 0.15) is 15.9 Å². The van der Waals surface area contributed by atoms with Crippen LogP contribution in [0.3, 0.4) is 0 Å². The lowest BCUT2D eigenvalue weighted by atomic mass is 10.2. The molecule has 2 rings (SSSR count). The molecular weight excluding hydrogens is 443 g/mol. The first-order valence-corrected chi connectivity index (χ1v) is 8.33. The van der Waals surface area contributed by atoms with E-state index in [-0.39, 0.29) is 0 Å². The molecule has 24 heavy (non-hydrogen) atoms. The van der Waals surface area contributed by atoms with E-state index in [1.54, 1.807) is 49.6 Å². The number of nitrogens with one attached hydrogen (secondary N) is 2. The molecule has 2 amide bonds. The van der Waals surface area contributed by atoms with E-state index in [1.165, 1.54) is 6.08 Å². The Balaban J connectivity index is 1.93. The van der Waals surface area contributed by atoms with Gasteiger partial charge in [0.2, 0.25) is 0 Å². The summed E-state index contributed by atoms with van der Waals surface area (Å²) in [5, 5.41) is 0.540. The molecule has 2 aromatic rings. The van der Waals surface area contributed by atoms with Crippen LogP contribution in [0, 0.1) is 3.57 Å². The number of benzene rings is 2. The standard InChI is InChI=1S/C17H14ClIN2O3/c1-24-15-8-6-12(10-14(15)19)17(23)21-20-16(22)9-7-11-4-2-3-5-13(11)18/h2-10H,1H3,(H,20,22)(H,21,23). The van der Waals surface area contributed by atoms with Crippen LogP contribution < -0.4 is 15.6 Å². The van der Waals surface area contributed by atoms with Crippen molar-refractivity contribution in [2.24, 2.45) is 0 Å². The van der Waals surface area contributed by atoms with Crippen LogP contribution >= 0.6 is 34.2 Å². The minimum atomic E-state index is -0.466. The van der Waals surface area contributed by atoms with E-state index in [1.807, 2.05) is 6.07 Å². The number of halogens is 2. The van der Waals surface area contributed by atoms with Crippen molar-refractivity contribution < 1.29 is 14.3 Å². The summed E-state index contributed by atoms with van der Waals surface area (Å²) in [6.07, 6.45) is 2.86. The molecule has 0 fully saturated rings. The number of hydrogen-bond donors (Lipinski definition) is 2. The second kappa shape index (κ2) is 8.70. The van der Waals surface area contributed by atoms with Gasteiger partial charge in [0.25, 0.3) is 11.8 Å². The van der Waals surface area contributed by atoms with Gasteiger partial charge < -0.3 is 4.74 Å². The molecule has 0 atom stereocenters. The maximum Gasteiger partial charge on any atom is 0.269 e. The highest BCUT2D eigenvalue weighted by Crippen LogP contribution is 2.21. The quantitative estimate of drug-likeness (QED) is 0.421. The summed E-state index contributed by atoms with van der Waals surface area (Å²) in [4.78, 5) is 23.8. The minimum absolute atomic E-state index is 0.413. The summed E-state index contributed by atoms with van der Waals surface area (Å²) in [5.74, 6) is -0.208. The average molecular weight is 457 g/mol. The molecule has 0 aliphatic heterocycles. The summed E-state index contributed by atoms with van der Waals surface area (Å²) >= 11 is 8.06. The second-order valence-corrected chi connectivity index (χ2v) is 6.22. The van der Waals surface area contributed by atoms with E-state index >= 15 is 0 Å². The van der Waals surface area contributed by atoms with E-state index in [2.05, 4.69) is 33.4 Å². The Hall–Kier alpha value is -2.06. The fraction of sp³-hybridized carbons (Fsp3) is 0.0588. The van der Waals surface area contributed by atoms with Gasteiger partial charge in [0.15, 0.2) is 0 Å². The second-order valence-electron chi connectivity index (χ2n) is 4.65. The fourth-order valence-electron chi connectivity index (χ4n) is 1.82. The van der Waals surface area contributed by atoms with Crippen molar-refractivity contribution in [2.75, 3.05) is 7.11 Å². The number of amides is 2. The monoisotopic (exact) mass is 456 g/mol. The van der Waals surface area contributed by atoms with E-state index < -0.39 is 11.8 Å². The lowest BCUT2D eigenvalue weighted by molar-refractivity contribution is -0.117. The van der Waals surface area contributed by atoms with Crippen LogP contribution in [0.4, 0.5) is 0 Å². The van der Waals surface area contributed by atoms with Crippen LogP contribution in [0.25, 0.3) is 6.08 Å². The maximum atomic E-state index is 12.0. The van der Waals surface area contributed by atoms with Crippen molar-refractivity contribution >= 4 is 52.1 Å². The van der Waals surface area contributed by atoms with Gasteiger partial charge >= 0.3 is 0 Å². The highest BCUT2D eigenvalue weighted by molar-refractivity contribution is 14.1. The third kappa shape index (κ3) is 4.97. The molecule has 2 N–H and O–H groups in total. The highest BCUT2D eigenvalue weighted by atomic mass is 127. The molecule has 0 saturated heterocycles. The predicted molar refractivity (Wildman–Crippen MR) is 102 cm³/mol. The molecule has 0 radical (unpaired) electrons. The molecule has 0 aliphatic carbocycles. The molecule has 0 aliphatic rings. The summed E-state index contributed by atoms with van der Waals surface area (Å²) in [7, 11) is 1.56. The number of hydrogen-bond acceptors (Lipinski definition) is 3. The van der Waals surface area contributed by atoms with Gasteiger partial charge in [-0.2, -0.15) is 0 Å². The van der Waals surface area contributed by atoms with Gasteiger partial charge in [-0.3, -0.25) is 20.4 Å². The van der Waals surface area contributed by atoms with E-state index in [0.29, 0.717) is 21.9 Å². The van der Waals surface area contributed by atoms with E-state index in [9.17, 15) is 9.59 Å². The molecule has 5 nitrogen and oxygen atoms in total. The van der Waals surface area contributed by atoms with Gasteiger partial charge in [0, 0.05) is 16.7 Å². The zero-order valence-corrected chi connectivity index (χ0v) is 15.6. The van der Waals surface area contributed by atoms with E-state index in [4.69, 9.17) is 16.3 Å². The Morgan fingerprint density at radius 3 is 2.58 bits per heavy atom. The zero-order valence-electron chi connectivity index (χ0n) is 12.7. The van der Waals surface area contributed by atoms with Gasteiger partial charge in [-0.05, 0) is 58.5 Å². The van der Waals surface area contributed by atoms with E-state index in [0.717, 1.165) is 3.57 Å². The number of carbonyl (C=O) groups is 2. The number of methoxy groups -OCH3 is 1. The zero-order chi connectivity index (χ0) is 17.5. The highest BCUT2D eigenvalue weighted by Gasteiger charge is 2.09. The van der Waals surface area contributed by atoms with Gasteiger partial charge in [0.05, 0.1) is 10.7 Å². The van der Waals surface area contributed by atoms with Gasteiger partial charge in [-0.25, -0.2) is 0 Å². The lowest BCUT2D eigenvalue weighted by Gasteiger charge is -2.08. The van der Waals surface area contributed by atoms with Crippen LogP contribution in [0.2, 0.25) is 5.02 Å². The van der Waals surface area contributed by atoms with Crippen molar-refractivity contribution in [3.8, 4) is 5.75 Å². The van der Waals surface area contributed by atoms with Crippen LogP contribution in [-0.2, 0) is 4.79 Å². The molecule has 0 unspecified atom stereocenters. The molecule has 0 spiro atoms. The average Bonchev–Trinajstić information content (AvgIpc) is 2.58. The summed E-state index contributed by atoms with van der Waals surface area (Å²) in [6.45, 7) is 0. The molecule has 0 aromatic heterocycles. The molecular formula is C17H14ClIN2O3. The molecule has 0 saturated carbocycles. The number of hydrazine groups is 1. The topological polar surface area (TPSA) is 67.4 Å². The number of ether oxygens (including phenoxy) is 1. The third-order valence-electron chi connectivity index (χ3n) is 3.03. The van der Waals surface area contributed by atoms with Gasteiger partial charge in [0.1, 0.15) is 5.75 Å². The first-order chi connectivity index (χ1) is 11.5. The smallest absolute Gasteiger partial charge is 0.269 e. The van der Waals surface area contributed by atoms with Crippen molar-refractivity contribution in [1.29, 1.82) is 0 Å². The fourth-order valence-corrected chi connectivity index (χ4v) is 2.75. The molecule has 7 heteroatoms. The van der Waals surface area contributed by atoms with Crippen LogP contribution in [0.5, 0.6) is 5.75 Å². The molecule has 124 valence electrons. The molecule has 2 aromatic carbocycles. The van der Waals surface area contributed by atoms with Crippen LogP contribution in [-0.4, -0.2) is 18.9 Å². The Morgan fingerprint density at radius 2 is 1.92 bits per heavy atom. The Labute approximate surface area is 158 Å². The van der Waals surface area contributed by atoms with Gasteiger partial charge in [-0.1, -0.05) is 29.8 Å². The lowest BCUT2D eigenvalue weighted by Crippen LogP contribution is -2.40. The van der Waals surface area contributed by atoms with Crippen molar-refractivity contribution in [3.63, 3.8) is 0 Å². The van der Waals surface area contributed by atoms with Crippen LogP contribution in [0.15, 0.2) is 48.5 Å². The van der Waals surface area contributed by atoms with Crippen molar-refractivity contribution in [1.82, 2.24) is 10.9 Å². The first-order valence-electron chi connectivity index (χ1n) is 6.87. The SMILES string of the molecule is COc1ccc(C(=O)NNC(=O)C=Cc2ccccc2Cl)cc1I. The number of rotatable bonds is 4. The summed E-state index contributed by atoms with van der Waals surface area (Å²) in [5.41, 5.74) is 5.79. The Bertz CT molecular complexity index is 793. The summed E-state index contributed by atoms with van der Waals surface area (Å²) in [6, 6.07) is 12.1. The van der Waals surface area contributed by atoms with Gasteiger partial charge in [-0.15, -0.1) is 0 Å². The molecule has 0 heterocycles. The largest absolute Gasteiger partial charge is 0.496 e. The Morgan fingerprint density at radius 1 is 1.17 bits per heavy atom. The Kier molecular flexibility index (Phi) is 6.62. The predicted octanol–water partition coefficient (Wildman–Crippen LogP) is 3.43. The number of carbonyl (C=O) groups excluding carboxylic acids is 2. The minimum Gasteiger partial charge on any atom is -0.496 e. The van der Waals surface area contributed by atoms with Crippen molar-refractivity contribution in [3.05, 3.63) is 68.3 Å².